The highest BCUT2D eigenvalue weighted by atomic mass is 32.2. The predicted octanol–water partition coefficient (Wildman–Crippen LogP) is -4.36. The Morgan fingerprint density at radius 3 is 1.79 bits per heavy atom. The van der Waals surface area contributed by atoms with Crippen LogP contribution in [0.4, 0.5) is 0 Å². The van der Waals surface area contributed by atoms with E-state index in [1.54, 1.807) is 6.26 Å². The summed E-state index contributed by atoms with van der Waals surface area (Å²) in [6.07, 6.45) is 3.00. The average Bonchev–Trinajstić information content (AvgIpc) is 3.70. The van der Waals surface area contributed by atoms with E-state index in [4.69, 9.17) is 22.9 Å². The lowest BCUT2D eigenvalue weighted by Gasteiger charge is -2.30. The molecule has 0 bridgehead atoms. The maximum atomic E-state index is 13.8. The number of amides is 8. The number of carboxylic acids is 2. The number of hydrogen-bond donors (Lipinski definition) is 12. The van der Waals surface area contributed by atoms with Gasteiger partial charge in [0.2, 0.25) is 47.3 Å². The lowest BCUT2D eigenvalue weighted by Crippen LogP contribution is -2.59. The molecule has 0 unspecified atom stereocenters. The molecule has 1 aliphatic rings. The molecule has 62 heavy (non-hydrogen) atoms. The van der Waals surface area contributed by atoms with Crippen LogP contribution in [0.15, 0.2) is 4.99 Å². The molecule has 16 N–H and O–H groups in total. The summed E-state index contributed by atoms with van der Waals surface area (Å²) in [5, 5.41) is 33.4. The Kier molecular flexibility index (Phi) is 24.9. The smallest absolute Gasteiger partial charge is 0.326 e. The van der Waals surface area contributed by atoms with Gasteiger partial charge in [0.25, 0.3) is 0 Å². The molecule has 0 aliphatic carbocycles. The molecular formula is C36H62N12O12S2. The second kappa shape index (κ2) is 28.3. The van der Waals surface area contributed by atoms with Gasteiger partial charge in [0, 0.05) is 19.5 Å². The van der Waals surface area contributed by atoms with Gasteiger partial charge in [-0.3, -0.25) is 48.1 Å². The van der Waals surface area contributed by atoms with E-state index in [1.807, 2.05) is 6.26 Å². The standard InChI is InChI=1S/C36H62N12O12S2/c1-18(43-31(55)21(7-5-13-41-36(39)40)45-30(54)20(37)11-15-61-3)28(52)42-19(2)29(53)44-22(9-10-27(50)51)32(56)47-24(17-26(38)49)34(58)48-14-6-8-25(48)33(57)46-23(35(59)60)12-16-62-4/h18-25H,5-17,37H2,1-4H3,(H2,38,49)(H,42,52)(H,43,55)(H,44,53)(H,45,54)(H,46,57)(H,47,56)(H,50,51)(H,59,60)(H4,39,40,41)/t18-,19-,20-,21-,22-,23-,24-,25-/m0/s1. The second-order valence-corrected chi connectivity index (χ2v) is 16.4. The van der Waals surface area contributed by atoms with E-state index in [0.717, 1.165) is 4.90 Å². The Labute approximate surface area is 367 Å². The van der Waals surface area contributed by atoms with Crippen molar-refractivity contribution < 1.29 is 58.2 Å². The zero-order valence-corrected chi connectivity index (χ0v) is 36.9. The van der Waals surface area contributed by atoms with Crippen molar-refractivity contribution in [2.24, 2.45) is 27.9 Å². The fraction of sp³-hybridized carbons (Fsp3) is 0.694. The number of carbonyl (C=O) groups is 10. The zero-order chi connectivity index (χ0) is 47.1. The van der Waals surface area contributed by atoms with Crippen molar-refractivity contribution in [1.29, 1.82) is 0 Å². The summed E-state index contributed by atoms with van der Waals surface area (Å²) in [7, 11) is 0. The number of aliphatic imine (C=N–C) groups is 1. The average molecular weight is 919 g/mol. The van der Waals surface area contributed by atoms with Crippen molar-refractivity contribution in [2.45, 2.75) is 120 Å². The second-order valence-electron chi connectivity index (χ2n) is 14.5. The maximum Gasteiger partial charge on any atom is 0.326 e. The normalized spacial score (nSPS) is 16.7. The van der Waals surface area contributed by atoms with Gasteiger partial charge in [0.15, 0.2) is 5.96 Å². The molecule has 350 valence electrons. The van der Waals surface area contributed by atoms with Gasteiger partial charge in [-0.2, -0.15) is 23.5 Å². The van der Waals surface area contributed by atoms with Gasteiger partial charge >= 0.3 is 11.9 Å². The molecule has 1 heterocycles. The Balaban J connectivity index is 3.11. The Morgan fingerprint density at radius 1 is 0.694 bits per heavy atom. The third-order valence-corrected chi connectivity index (χ3v) is 10.7. The van der Waals surface area contributed by atoms with Crippen LogP contribution in [-0.2, 0) is 47.9 Å². The van der Waals surface area contributed by atoms with Crippen LogP contribution in [0.3, 0.4) is 0 Å². The van der Waals surface area contributed by atoms with Gasteiger partial charge in [-0.05, 0) is 82.8 Å². The number of rotatable bonds is 29. The summed E-state index contributed by atoms with van der Waals surface area (Å²) in [4.78, 5) is 133. The first-order valence-corrected chi connectivity index (χ1v) is 22.6. The van der Waals surface area contributed by atoms with E-state index in [1.165, 1.54) is 37.4 Å². The summed E-state index contributed by atoms with van der Waals surface area (Å²) in [6, 6.07) is -10.4. The molecule has 1 aliphatic heterocycles. The Hall–Kier alpha value is -5.37. The predicted molar refractivity (Wildman–Crippen MR) is 230 cm³/mol. The molecule has 0 aromatic heterocycles. The highest BCUT2D eigenvalue weighted by Crippen LogP contribution is 2.20. The number of carbonyl (C=O) groups excluding carboxylic acids is 8. The van der Waals surface area contributed by atoms with Gasteiger partial charge in [-0.25, -0.2) is 4.79 Å². The maximum absolute atomic E-state index is 13.8. The van der Waals surface area contributed by atoms with Crippen LogP contribution < -0.4 is 54.8 Å². The lowest BCUT2D eigenvalue weighted by molar-refractivity contribution is -0.145. The summed E-state index contributed by atoms with van der Waals surface area (Å²) in [5.74, 6) is -8.70. The molecule has 0 aromatic carbocycles. The summed E-state index contributed by atoms with van der Waals surface area (Å²) >= 11 is 2.86. The molecule has 0 radical (unpaired) electrons. The zero-order valence-electron chi connectivity index (χ0n) is 35.3. The Bertz CT molecular complexity index is 1640. The largest absolute Gasteiger partial charge is 0.481 e. The van der Waals surface area contributed by atoms with Crippen LogP contribution in [-0.4, -0.2) is 166 Å². The first kappa shape index (κ1) is 54.6. The lowest BCUT2D eigenvalue weighted by atomic mass is 10.1. The van der Waals surface area contributed by atoms with Gasteiger partial charge in [-0.1, -0.05) is 0 Å². The van der Waals surface area contributed by atoms with E-state index in [0.29, 0.717) is 24.3 Å². The van der Waals surface area contributed by atoms with Gasteiger partial charge in [-0.15, -0.1) is 0 Å². The molecule has 0 spiro atoms. The van der Waals surface area contributed by atoms with Crippen LogP contribution in [0.5, 0.6) is 0 Å². The Morgan fingerprint density at radius 2 is 1.23 bits per heavy atom. The molecular weight excluding hydrogens is 857 g/mol. The number of guanidine groups is 1. The number of primary amides is 1. The molecule has 8 amide bonds. The molecule has 1 rings (SSSR count). The number of aliphatic carboxylic acids is 2. The quantitative estimate of drug-likeness (QED) is 0.0192. The third kappa shape index (κ3) is 20.0. The fourth-order valence-electron chi connectivity index (χ4n) is 5.98. The van der Waals surface area contributed by atoms with Gasteiger partial charge in [0.1, 0.15) is 42.3 Å². The van der Waals surface area contributed by atoms with Crippen molar-refractivity contribution in [2.75, 3.05) is 37.1 Å². The first-order chi connectivity index (χ1) is 29.1. The van der Waals surface area contributed by atoms with E-state index < -0.39 is 127 Å². The minimum atomic E-state index is -1.67. The van der Waals surface area contributed by atoms with Crippen molar-refractivity contribution in [3.8, 4) is 0 Å². The van der Waals surface area contributed by atoms with E-state index >= 15 is 0 Å². The van der Waals surface area contributed by atoms with Crippen LogP contribution in [0.2, 0.25) is 0 Å². The summed E-state index contributed by atoms with van der Waals surface area (Å²) < 4.78 is 0. The molecule has 1 fully saturated rings. The minimum Gasteiger partial charge on any atom is -0.481 e. The first-order valence-electron chi connectivity index (χ1n) is 19.8. The minimum absolute atomic E-state index is 0.0150. The molecule has 8 atom stereocenters. The van der Waals surface area contributed by atoms with Crippen molar-refractivity contribution in [3.05, 3.63) is 0 Å². The van der Waals surface area contributed by atoms with Gasteiger partial charge < -0.3 is 69.9 Å². The molecule has 26 heteroatoms. The monoisotopic (exact) mass is 918 g/mol. The number of hydrogen-bond acceptors (Lipinski definition) is 14. The van der Waals surface area contributed by atoms with Crippen LogP contribution in [0.25, 0.3) is 0 Å². The number of thioether (sulfide) groups is 2. The van der Waals surface area contributed by atoms with Crippen molar-refractivity contribution >= 4 is 88.7 Å². The van der Waals surface area contributed by atoms with E-state index in [2.05, 4.69) is 36.9 Å². The van der Waals surface area contributed by atoms with Crippen LogP contribution in [0, 0.1) is 0 Å². The number of likely N-dealkylation sites (tertiary alicyclic amines) is 1. The number of nitrogens with two attached hydrogens (primary N) is 4. The van der Waals surface area contributed by atoms with E-state index in [9.17, 15) is 58.2 Å². The van der Waals surface area contributed by atoms with Crippen LogP contribution in [0.1, 0.15) is 71.6 Å². The summed E-state index contributed by atoms with van der Waals surface area (Å²) in [6.45, 7) is 2.71. The highest BCUT2D eigenvalue weighted by Gasteiger charge is 2.40. The fourth-order valence-corrected chi connectivity index (χ4v) is 6.94. The molecule has 0 aromatic rings. The van der Waals surface area contributed by atoms with Crippen LogP contribution >= 0.6 is 23.5 Å². The molecule has 1 saturated heterocycles. The number of nitrogens with zero attached hydrogens (tertiary/aromatic N) is 2. The SMILES string of the molecule is CSCC[C@H](NC(=O)[C@@H]1CCCN1C(=O)[C@H](CC(N)=O)NC(=O)[C@H](CCC(=O)O)NC(=O)[C@H](C)NC(=O)[C@H](C)NC(=O)[C@H](CCCN=C(N)N)NC(=O)[C@@H](N)CCSC)C(=O)O. The van der Waals surface area contributed by atoms with Crippen molar-refractivity contribution in [1.82, 2.24) is 36.8 Å². The highest BCUT2D eigenvalue weighted by molar-refractivity contribution is 7.98. The van der Waals surface area contributed by atoms with E-state index in [-0.39, 0.29) is 44.7 Å². The molecule has 24 nitrogen and oxygen atoms in total. The topological polar surface area (TPSA) is 403 Å². The third-order valence-electron chi connectivity index (χ3n) is 9.42. The number of carboxylic acid groups (broad SMARTS) is 2. The number of nitrogens with one attached hydrogen (secondary N) is 6. The van der Waals surface area contributed by atoms with Gasteiger partial charge in [0.05, 0.1) is 12.5 Å². The van der Waals surface area contributed by atoms with Crippen molar-refractivity contribution in [3.63, 3.8) is 0 Å². The summed E-state index contributed by atoms with van der Waals surface area (Å²) in [5.41, 5.74) is 22.1. The molecule has 0 saturated carbocycles.